The minimum atomic E-state index is -1.42. The van der Waals surface area contributed by atoms with Crippen molar-refractivity contribution < 1.29 is 38.8 Å². The molecule has 1 amide bonds. The molecule has 9 heteroatoms. The molecule has 9 nitrogen and oxygen atoms in total. The molecule has 0 bridgehead atoms. The van der Waals surface area contributed by atoms with E-state index in [9.17, 15) is 24.6 Å². The van der Waals surface area contributed by atoms with Gasteiger partial charge in [0, 0.05) is 32.4 Å². The van der Waals surface area contributed by atoms with Gasteiger partial charge in [-0.1, -0.05) is 51.5 Å². The zero-order valence-electron chi connectivity index (χ0n) is 24.0. The monoisotopic (exact) mass is 537 g/mol. The number of unbranched alkanes of at least 4 members (excludes halogenated alkanes) is 1. The van der Waals surface area contributed by atoms with Gasteiger partial charge in [-0.3, -0.25) is 9.59 Å². The van der Waals surface area contributed by atoms with E-state index in [0.29, 0.717) is 6.54 Å². The van der Waals surface area contributed by atoms with Gasteiger partial charge >= 0.3 is 18.0 Å². The molecule has 0 saturated carbocycles. The van der Waals surface area contributed by atoms with Crippen molar-refractivity contribution in [3.8, 4) is 0 Å². The Kier molecular flexibility index (Phi) is 14.4. The van der Waals surface area contributed by atoms with Gasteiger partial charge in [0.05, 0.1) is 19.1 Å². The number of allylic oxidation sites excluding steroid dienone is 2. The highest BCUT2D eigenvalue weighted by molar-refractivity contribution is 5.70. The lowest BCUT2D eigenvalue weighted by Gasteiger charge is -2.32. The number of amides is 1. The Balaban J connectivity index is 2.99. The van der Waals surface area contributed by atoms with Crippen LogP contribution in [0.15, 0.2) is 36.0 Å². The van der Waals surface area contributed by atoms with Crippen molar-refractivity contribution in [1.82, 2.24) is 4.90 Å². The molecule has 6 atom stereocenters. The van der Waals surface area contributed by atoms with Crippen molar-refractivity contribution >= 4 is 18.0 Å². The Morgan fingerprint density at radius 2 is 2.00 bits per heavy atom. The predicted octanol–water partition coefficient (Wildman–Crippen LogP) is 4.33. The van der Waals surface area contributed by atoms with Crippen molar-refractivity contribution in [3.05, 3.63) is 36.0 Å². The van der Waals surface area contributed by atoms with E-state index in [1.54, 1.807) is 31.0 Å². The first-order valence-corrected chi connectivity index (χ1v) is 13.4. The largest absolute Gasteiger partial charge is 0.457 e. The molecule has 1 aliphatic rings. The van der Waals surface area contributed by atoms with E-state index in [1.165, 1.54) is 6.92 Å². The maximum atomic E-state index is 12.6. The molecule has 216 valence electrons. The van der Waals surface area contributed by atoms with Crippen molar-refractivity contribution in [2.45, 2.75) is 97.6 Å². The number of aliphatic hydroxyl groups is 2. The van der Waals surface area contributed by atoms with Crippen molar-refractivity contribution in [1.29, 1.82) is 0 Å². The number of rotatable bonds is 9. The molecule has 0 aliphatic carbocycles. The van der Waals surface area contributed by atoms with E-state index >= 15 is 0 Å². The summed E-state index contributed by atoms with van der Waals surface area (Å²) in [7, 11) is 1.72. The van der Waals surface area contributed by atoms with Crippen molar-refractivity contribution in [2.24, 2.45) is 11.8 Å². The second-order valence-corrected chi connectivity index (χ2v) is 10.6. The zero-order chi connectivity index (χ0) is 28.9. The Labute approximate surface area is 227 Å². The summed E-state index contributed by atoms with van der Waals surface area (Å²) in [5, 5.41) is 21.2. The van der Waals surface area contributed by atoms with E-state index in [2.05, 4.69) is 6.92 Å². The number of aliphatic hydroxyl groups excluding tert-OH is 1. The molecule has 1 rings (SSSR count). The minimum absolute atomic E-state index is 0.0272. The molecule has 1 aliphatic heterocycles. The summed E-state index contributed by atoms with van der Waals surface area (Å²) in [6, 6.07) is 0. The van der Waals surface area contributed by atoms with Crippen LogP contribution in [0.4, 0.5) is 4.79 Å². The first-order valence-electron chi connectivity index (χ1n) is 13.4. The summed E-state index contributed by atoms with van der Waals surface area (Å²) in [6.45, 7) is 11.4. The van der Waals surface area contributed by atoms with Crippen LogP contribution in [-0.4, -0.2) is 77.3 Å². The van der Waals surface area contributed by atoms with Gasteiger partial charge in [0.25, 0.3) is 0 Å². The minimum Gasteiger partial charge on any atom is -0.457 e. The molecular formula is C29H47NO8. The quantitative estimate of drug-likeness (QED) is 0.193. The topological polar surface area (TPSA) is 123 Å². The molecule has 0 fully saturated rings. The van der Waals surface area contributed by atoms with Crippen LogP contribution in [0.3, 0.4) is 0 Å². The third-order valence-electron chi connectivity index (χ3n) is 6.49. The number of esters is 2. The molecular weight excluding hydrogens is 490 g/mol. The van der Waals surface area contributed by atoms with Crippen molar-refractivity contribution in [3.63, 3.8) is 0 Å². The van der Waals surface area contributed by atoms with Crippen LogP contribution >= 0.6 is 0 Å². The molecule has 0 spiro atoms. The summed E-state index contributed by atoms with van der Waals surface area (Å²) >= 11 is 0. The fourth-order valence-corrected chi connectivity index (χ4v) is 3.98. The Morgan fingerprint density at radius 3 is 2.63 bits per heavy atom. The summed E-state index contributed by atoms with van der Waals surface area (Å²) in [4.78, 5) is 37.8. The number of nitrogens with zero attached hydrogens (tertiary/aromatic N) is 1. The average molecular weight is 538 g/mol. The number of hydrogen-bond donors (Lipinski definition) is 2. The number of hydrogen-bond acceptors (Lipinski definition) is 8. The van der Waals surface area contributed by atoms with Gasteiger partial charge in [0.1, 0.15) is 17.8 Å². The van der Waals surface area contributed by atoms with Crippen LogP contribution in [0.25, 0.3) is 0 Å². The maximum Gasteiger partial charge on any atom is 0.409 e. The van der Waals surface area contributed by atoms with Gasteiger partial charge in [-0.05, 0) is 44.8 Å². The predicted molar refractivity (Wildman–Crippen MR) is 145 cm³/mol. The fourth-order valence-electron chi connectivity index (χ4n) is 3.98. The highest BCUT2D eigenvalue weighted by atomic mass is 16.6. The second kappa shape index (κ2) is 16.3. The van der Waals surface area contributed by atoms with E-state index in [1.807, 2.05) is 39.0 Å². The van der Waals surface area contributed by atoms with Gasteiger partial charge < -0.3 is 29.3 Å². The van der Waals surface area contributed by atoms with Crippen molar-refractivity contribution in [2.75, 3.05) is 20.2 Å². The second-order valence-electron chi connectivity index (χ2n) is 10.6. The highest BCUT2D eigenvalue weighted by Crippen LogP contribution is 2.27. The number of carbonyl (C=O) groups excluding carboxylic acids is 3. The Hall–Kier alpha value is -2.65. The Morgan fingerprint density at radius 1 is 1.32 bits per heavy atom. The zero-order valence-corrected chi connectivity index (χ0v) is 24.0. The smallest absolute Gasteiger partial charge is 0.409 e. The standard InChI is InChI=1S/C29H47NO8/c1-8-9-17-30(7)28(34)36-19-20(2)11-10-12-21(3)27-22(4)13-14-25(37-23(5)31)29(6,35)16-15-24(32)18-26(33)38-27/h10-14,20,22,24-25,27,32,35H,8-9,15-19H2,1-7H3/b11-10+,14-13+,21-12+/t20?,22-,24-,25-,27+,29-/m0/s1. The normalized spacial score (nSPS) is 29.0. The average Bonchev–Trinajstić information content (AvgIpc) is 2.84. The lowest BCUT2D eigenvalue weighted by molar-refractivity contribution is -0.157. The summed E-state index contributed by atoms with van der Waals surface area (Å²) in [5.74, 6) is -1.41. The summed E-state index contributed by atoms with van der Waals surface area (Å²) in [6.07, 6.45) is 8.01. The molecule has 0 saturated heterocycles. The van der Waals surface area contributed by atoms with E-state index < -0.39 is 35.9 Å². The number of cyclic esters (lactones) is 1. The first kappa shape index (κ1) is 33.4. The maximum absolute atomic E-state index is 12.6. The lowest BCUT2D eigenvalue weighted by Crippen LogP contribution is -2.42. The number of carbonyl (C=O) groups is 3. The number of ether oxygens (including phenoxy) is 3. The van der Waals surface area contributed by atoms with E-state index in [0.717, 1.165) is 18.4 Å². The third-order valence-corrected chi connectivity index (χ3v) is 6.49. The third kappa shape index (κ3) is 12.3. The lowest BCUT2D eigenvalue weighted by atomic mass is 9.88. The van der Waals surface area contributed by atoms with Crippen LogP contribution in [0.2, 0.25) is 0 Å². The van der Waals surface area contributed by atoms with Gasteiger partial charge in [-0.25, -0.2) is 4.79 Å². The molecule has 38 heavy (non-hydrogen) atoms. The molecule has 1 unspecified atom stereocenters. The molecule has 0 aromatic carbocycles. The van der Waals surface area contributed by atoms with Gasteiger partial charge in [0.15, 0.2) is 0 Å². The van der Waals surface area contributed by atoms with Gasteiger partial charge in [0.2, 0.25) is 0 Å². The summed E-state index contributed by atoms with van der Waals surface area (Å²) in [5.41, 5.74) is -0.656. The Bertz CT molecular complexity index is 863. The van der Waals surface area contributed by atoms with Crippen LogP contribution < -0.4 is 0 Å². The van der Waals surface area contributed by atoms with Crippen LogP contribution in [0.1, 0.15) is 73.6 Å². The molecule has 1 heterocycles. The molecule has 2 N–H and O–H groups in total. The van der Waals surface area contributed by atoms with Crippen LogP contribution in [0.5, 0.6) is 0 Å². The first-order chi connectivity index (χ1) is 17.8. The SMILES string of the molecule is CCCCN(C)C(=O)OCC(C)/C=C/C=C(\C)[C@H]1OC(=O)C[C@@H](O)CC[C@](C)(O)[C@@H](OC(C)=O)/C=C/[C@@H]1C. The molecule has 0 radical (unpaired) electrons. The summed E-state index contributed by atoms with van der Waals surface area (Å²) < 4.78 is 16.4. The fraction of sp³-hybridized carbons (Fsp3) is 0.690. The highest BCUT2D eigenvalue weighted by Gasteiger charge is 2.35. The molecule has 0 aromatic rings. The van der Waals surface area contributed by atoms with E-state index in [-0.39, 0.29) is 43.8 Å². The van der Waals surface area contributed by atoms with E-state index in [4.69, 9.17) is 14.2 Å². The van der Waals surface area contributed by atoms with Gasteiger partial charge in [-0.15, -0.1) is 0 Å². The van der Waals surface area contributed by atoms with Gasteiger partial charge in [-0.2, -0.15) is 0 Å². The molecule has 0 aromatic heterocycles. The van der Waals surface area contributed by atoms with Crippen LogP contribution in [0, 0.1) is 11.8 Å². The van der Waals surface area contributed by atoms with Crippen LogP contribution in [-0.2, 0) is 23.8 Å².